The van der Waals surface area contributed by atoms with E-state index in [-0.39, 0.29) is 18.5 Å². The summed E-state index contributed by atoms with van der Waals surface area (Å²) < 4.78 is 0. The second-order valence-electron chi connectivity index (χ2n) is 5.01. The van der Waals surface area contributed by atoms with E-state index in [2.05, 4.69) is 15.3 Å². The van der Waals surface area contributed by atoms with Gasteiger partial charge in [-0.15, -0.1) is 0 Å². The van der Waals surface area contributed by atoms with Crippen molar-refractivity contribution in [2.45, 2.75) is 44.7 Å². The fourth-order valence-electron chi connectivity index (χ4n) is 2.51. The van der Waals surface area contributed by atoms with Crippen LogP contribution in [0.2, 0.25) is 0 Å². The SMILES string of the molecule is O=C(O)CCC1CCCCN1C(=O)NCc1cnc[nH]1. The second-order valence-corrected chi connectivity index (χ2v) is 5.01. The van der Waals surface area contributed by atoms with Crippen molar-refractivity contribution in [3.05, 3.63) is 18.2 Å². The number of hydrogen-bond acceptors (Lipinski definition) is 3. The van der Waals surface area contributed by atoms with E-state index in [0.717, 1.165) is 25.0 Å². The number of rotatable bonds is 5. The molecule has 1 aliphatic rings. The zero-order valence-electron chi connectivity index (χ0n) is 11.3. The summed E-state index contributed by atoms with van der Waals surface area (Å²) in [5.74, 6) is -0.812. The number of aromatic nitrogens is 2. The van der Waals surface area contributed by atoms with Gasteiger partial charge in [0.25, 0.3) is 0 Å². The van der Waals surface area contributed by atoms with Crippen LogP contribution in [0.5, 0.6) is 0 Å². The normalized spacial score (nSPS) is 18.8. The van der Waals surface area contributed by atoms with Gasteiger partial charge in [-0.25, -0.2) is 9.78 Å². The predicted molar refractivity (Wildman–Crippen MR) is 72.0 cm³/mol. The number of carboxylic acids is 1. The van der Waals surface area contributed by atoms with E-state index in [1.165, 1.54) is 0 Å². The summed E-state index contributed by atoms with van der Waals surface area (Å²) in [6.45, 7) is 1.10. The number of piperidine rings is 1. The van der Waals surface area contributed by atoms with Gasteiger partial charge in [-0.1, -0.05) is 0 Å². The lowest BCUT2D eigenvalue weighted by molar-refractivity contribution is -0.137. The zero-order valence-corrected chi connectivity index (χ0v) is 11.3. The number of amides is 2. The van der Waals surface area contributed by atoms with Gasteiger partial charge >= 0.3 is 12.0 Å². The highest BCUT2D eigenvalue weighted by Gasteiger charge is 2.26. The molecule has 1 aromatic rings. The molecule has 0 aliphatic carbocycles. The first-order chi connectivity index (χ1) is 9.66. The van der Waals surface area contributed by atoms with Gasteiger partial charge in [-0.05, 0) is 25.7 Å². The van der Waals surface area contributed by atoms with E-state index in [9.17, 15) is 9.59 Å². The summed E-state index contributed by atoms with van der Waals surface area (Å²) in [4.78, 5) is 31.4. The van der Waals surface area contributed by atoms with Gasteiger partial charge in [-0.3, -0.25) is 4.79 Å². The van der Waals surface area contributed by atoms with Gasteiger partial charge in [-0.2, -0.15) is 0 Å². The molecular weight excluding hydrogens is 260 g/mol. The summed E-state index contributed by atoms with van der Waals surface area (Å²) in [5, 5.41) is 11.6. The number of aromatic amines is 1. The number of carbonyl (C=O) groups excluding carboxylic acids is 1. The van der Waals surface area contributed by atoms with Crippen LogP contribution in [-0.2, 0) is 11.3 Å². The maximum atomic E-state index is 12.2. The van der Waals surface area contributed by atoms with Crippen LogP contribution in [-0.4, -0.2) is 44.6 Å². The quantitative estimate of drug-likeness (QED) is 0.758. The lowest BCUT2D eigenvalue weighted by Crippen LogP contribution is -2.48. The highest BCUT2D eigenvalue weighted by Crippen LogP contribution is 2.21. The minimum absolute atomic E-state index is 0.0293. The molecule has 110 valence electrons. The van der Waals surface area contributed by atoms with E-state index in [1.807, 2.05) is 0 Å². The van der Waals surface area contributed by atoms with Gasteiger partial charge in [0.15, 0.2) is 0 Å². The third kappa shape index (κ3) is 3.97. The molecule has 0 saturated carbocycles. The molecule has 1 aliphatic heterocycles. The third-order valence-corrected chi connectivity index (χ3v) is 3.56. The Labute approximate surface area is 117 Å². The maximum Gasteiger partial charge on any atom is 0.317 e. The molecule has 20 heavy (non-hydrogen) atoms. The number of H-pyrrole nitrogens is 1. The van der Waals surface area contributed by atoms with Crippen LogP contribution in [0, 0.1) is 0 Å². The van der Waals surface area contributed by atoms with Crippen LogP contribution in [0.1, 0.15) is 37.8 Å². The van der Waals surface area contributed by atoms with Crippen LogP contribution < -0.4 is 5.32 Å². The first-order valence-electron chi connectivity index (χ1n) is 6.90. The molecule has 1 saturated heterocycles. The molecule has 0 aromatic carbocycles. The minimum atomic E-state index is -0.812. The van der Waals surface area contributed by atoms with E-state index in [1.54, 1.807) is 17.4 Å². The van der Waals surface area contributed by atoms with E-state index in [0.29, 0.717) is 19.5 Å². The Morgan fingerprint density at radius 1 is 1.50 bits per heavy atom. The molecule has 0 spiro atoms. The highest BCUT2D eigenvalue weighted by atomic mass is 16.4. The number of nitrogens with one attached hydrogen (secondary N) is 2. The molecule has 1 unspecified atom stereocenters. The Morgan fingerprint density at radius 2 is 2.35 bits per heavy atom. The van der Waals surface area contributed by atoms with Gasteiger partial charge < -0.3 is 20.3 Å². The number of aliphatic carboxylic acids is 1. The smallest absolute Gasteiger partial charge is 0.317 e. The zero-order chi connectivity index (χ0) is 14.4. The molecule has 7 nitrogen and oxygen atoms in total. The third-order valence-electron chi connectivity index (χ3n) is 3.56. The summed E-state index contributed by atoms with van der Waals surface area (Å²) >= 11 is 0. The van der Waals surface area contributed by atoms with E-state index in [4.69, 9.17) is 5.11 Å². The van der Waals surface area contributed by atoms with Crippen LogP contribution in [0.15, 0.2) is 12.5 Å². The Kier molecular flexibility index (Phi) is 4.97. The van der Waals surface area contributed by atoms with Crippen molar-refractivity contribution in [3.8, 4) is 0 Å². The standard InChI is InChI=1S/C13H20N4O3/c18-12(19)5-4-11-3-1-2-6-17(11)13(20)15-8-10-7-14-9-16-10/h7,9,11H,1-6,8H2,(H,14,16)(H,15,20)(H,18,19). The molecule has 1 aromatic heterocycles. The molecule has 1 atom stereocenters. The Morgan fingerprint density at radius 3 is 3.05 bits per heavy atom. The molecule has 7 heteroatoms. The van der Waals surface area contributed by atoms with Crippen molar-refractivity contribution in [2.24, 2.45) is 0 Å². The number of carboxylic acid groups (broad SMARTS) is 1. The fraction of sp³-hybridized carbons (Fsp3) is 0.615. The van der Waals surface area contributed by atoms with Gasteiger partial charge in [0.1, 0.15) is 0 Å². The van der Waals surface area contributed by atoms with Crippen molar-refractivity contribution in [1.82, 2.24) is 20.2 Å². The molecule has 3 N–H and O–H groups in total. The monoisotopic (exact) mass is 280 g/mol. The summed E-state index contributed by atoms with van der Waals surface area (Å²) in [5.41, 5.74) is 0.845. The van der Waals surface area contributed by atoms with Crippen molar-refractivity contribution >= 4 is 12.0 Å². The van der Waals surface area contributed by atoms with Gasteiger partial charge in [0.05, 0.1) is 18.6 Å². The maximum absolute atomic E-state index is 12.2. The molecule has 2 amide bonds. The van der Waals surface area contributed by atoms with Crippen molar-refractivity contribution in [1.29, 1.82) is 0 Å². The largest absolute Gasteiger partial charge is 0.481 e. The predicted octanol–water partition coefficient (Wildman–Crippen LogP) is 1.34. The first-order valence-corrected chi connectivity index (χ1v) is 6.90. The van der Waals surface area contributed by atoms with Crippen LogP contribution >= 0.6 is 0 Å². The average molecular weight is 280 g/mol. The highest BCUT2D eigenvalue weighted by molar-refractivity contribution is 5.74. The van der Waals surface area contributed by atoms with E-state index < -0.39 is 5.97 Å². The number of likely N-dealkylation sites (tertiary alicyclic amines) is 1. The molecule has 0 bridgehead atoms. The summed E-state index contributed by atoms with van der Waals surface area (Å²) in [6.07, 6.45) is 6.76. The number of imidazole rings is 1. The van der Waals surface area contributed by atoms with E-state index >= 15 is 0 Å². The number of hydrogen-bond donors (Lipinski definition) is 3. The number of nitrogens with zero attached hydrogens (tertiary/aromatic N) is 2. The Bertz CT molecular complexity index is 446. The molecule has 1 fully saturated rings. The van der Waals surface area contributed by atoms with Crippen LogP contribution in [0.25, 0.3) is 0 Å². The van der Waals surface area contributed by atoms with Gasteiger partial charge in [0, 0.05) is 25.2 Å². The minimum Gasteiger partial charge on any atom is -0.481 e. The lowest BCUT2D eigenvalue weighted by Gasteiger charge is -2.35. The van der Waals surface area contributed by atoms with Crippen molar-refractivity contribution in [3.63, 3.8) is 0 Å². The van der Waals surface area contributed by atoms with Gasteiger partial charge in [0.2, 0.25) is 0 Å². The second kappa shape index (κ2) is 6.93. The summed E-state index contributed by atoms with van der Waals surface area (Å²) in [6, 6.07) is -0.101. The van der Waals surface area contributed by atoms with Crippen LogP contribution in [0.3, 0.4) is 0 Å². The molecule has 2 heterocycles. The lowest BCUT2D eigenvalue weighted by atomic mass is 9.98. The molecular formula is C13H20N4O3. The number of carbonyl (C=O) groups is 2. The Balaban J connectivity index is 1.86. The fourth-order valence-corrected chi connectivity index (χ4v) is 2.51. The molecule has 0 radical (unpaired) electrons. The van der Waals surface area contributed by atoms with Crippen molar-refractivity contribution in [2.75, 3.05) is 6.54 Å². The summed E-state index contributed by atoms with van der Waals surface area (Å²) in [7, 11) is 0. The topological polar surface area (TPSA) is 98.3 Å². The van der Waals surface area contributed by atoms with Crippen LogP contribution in [0.4, 0.5) is 4.79 Å². The Hall–Kier alpha value is -2.05. The average Bonchev–Trinajstić information content (AvgIpc) is 2.96. The first kappa shape index (κ1) is 14.4. The number of urea groups is 1. The van der Waals surface area contributed by atoms with Crippen molar-refractivity contribution < 1.29 is 14.7 Å². The molecule has 2 rings (SSSR count).